The van der Waals surface area contributed by atoms with Gasteiger partial charge in [-0.2, -0.15) is 0 Å². The Labute approximate surface area is 163 Å². The number of nitrogens with one attached hydrogen (secondary N) is 2. The molecule has 148 valence electrons. The second-order valence-electron chi connectivity index (χ2n) is 8.66. The van der Waals surface area contributed by atoms with Crippen molar-refractivity contribution in [2.75, 3.05) is 26.2 Å². The number of guanidine groups is 1. The molecule has 1 aromatic rings. The number of aliphatic imine (C=N–C) groups is 1. The molecule has 1 aliphatic heterocycles. The van der Waals surface area contributed by atoms with E-state index in [0.717, 1.165) is 38.6 Å². The predicted octanol–water partition coefficient (Wildman–Crippen LogP) is 3.27. The summed E-state index contributed by atoms with van der Waals surface area (Å²) >= 11 is 1.75. The van der Waals surface area contributed by atoms with Crippen LogP contribution in [-0.2, 0) is 11.8 Å². The van der Waals surface area contributed by atoms with Crippen LogP contribution in [0.2, 0.25) is 0 Å². The molecule has 2 N–H and O–H groups in total. The quantitative estimate of drug-likeness (QED) is 0.588. The predicted molar refractivity (Wildman–Crippen MR) is 113 cm³/mol. The van der Waals surface area contributed by atoms with Crippen LogP contribution in [0.5, 0.6) is 0 Å². The lowest BCUT2D eigenvalue weighted by Gasteiger charge is -2.21. The SMILES string of the molecule is CCNC(=NCCc1nc(C(C)(C)C)cs1)NC1CN(C(C)C)CC1C. The molecule has 26 heavy (non-hydrogen) atoms. The van der Waals surface area contributed by atoms with Crippen molar-refractivity contribution in [1.29, 1.82) is 0 Å². The van der Waals surface area contributed by atoms with E-state index in [4.69, 9.17) is 9.98 Å². The van der Waals surface area contributed by atoms with Gasteiger partial charge in [0.25, 0.3) is 0 Å². The molecule has 0 bridgehead atoms. The molecule has 0 saturated carbocycles. The molecule has 1 fully saturated rings. The fraction of sp³-hybridized carbons (Fsp3) is 0.800. The van der Waals surface area contributed by atoms with Gasteiger partial charge in [0.15, 0.2) is 5.96 Å². The van der Waals surface area contributed by atoms with Crippen molar-refractivity contribution in [3.8, 4) is 0 Å². The van der Waals surface area contributed by atoms with Crippen LogP contribution in [-0.4, -0.2) is 54.1 Å². The molecule has 2 rings (SSSR count). The zero-order chi connectivity index (χ0) is 19.3. The fourth-order valence-electron chi connectivity index (χ4n) is 3.14. The highest BCUT2D eigenvalue weighted by atomic mass is 32.1. The molecule has 0 radical (unpaired) electrons. The normalized spacial score (nSPS) is 22.2. The van der Waals surface area contributed by atoms with Gasteiger partial charge < -0.3 is 10.6 Å². The van der Waals surface area contributed by atoms with Crippen molar-refractivity contribution in [3.05, 3.63) is 16.1 Å². The van der Waals surface area contributed by atoms with Crippen LogP contribution in [0, 0.1) is 5.92 Å². The number of thiazole rings is 1. The van der Waals surface area contributed by atoms with Gasteiger partial charge in [-0.25, -0.2) is 4.98 Å². The highest BCUT2D eigenvalue weighted by Gasteiger charge is 2.31. The number of likely N-dealkylation sites (tertiary alicyclic amines) is 1. The molecule has 6 heteroatoms. The molecule has 1 aromatic heterocycles. The summed E-state index contributed by atoms with van der Waals surface area (Å²) in [6.45, 7) is 19.5. The topological polar surface area (TPSA) is 52.6 Å². The lowest BCUT2D eigenvalue weighted by molar-refractivity contribution is 0.265. The third-order valence-corrected chi connectivity index (χ3v) is 5.86. The lowest BCUT2D eigenvalue weighted by Crippen LogP contribution is -2.46. The molecule has 0 aromatic carbocycles. The van der Waals surface area contributed by atoms with E-state index >= 15 is 0 Å². The molecule has 1 saturated heterocycles. The fourth-order valence-corrected chi connectivity index (χ4v) is 4.16. The summed E-state index contributed by atoms with van der Waals surface area (Å²) in [5.74, 6) is 1.57. The summed E-state index contributed by atoms with van der Waals surface area (Å²) in [6.07, 6.45) is 0.898. The zero-order valence-electron chi connectivity index (χ0n) is 17.6. The van der Waals surface area contributed by atoms with Gasteiger partial charge in [-0.05, 0) is 26.7 Å². The Morgan fingerprint density at radius 1 is 1.38 bits per heavy atom. The third-order valence-electron chi connectivity index (χ3n) is 4.95. The summed E-state index contributed by atoms with van der Waals surface area (Å²) in [7, 11) is 0. The second-order valence-corrected chi connectivity index (χ2v) is 9.61. The first kappa shape index (κ1) is 21.2. The van der Waals surface area contributed by atoms with Crippen LogP contribution in [0.4, 0.5) is 0 Å². The summed E-state index contributed by atoms with van der Waals surface area (Å²) in [5, 5.41) is 10.4. The summed E-state index contributed by atoms with van der Waals surface area (Å²) < 4.78 is 0. The molecule has 2 unspecified atom stereocenters. The molecular weight excluding hydrogens is 342 g/mol. The maximum absolute atomic E-state index is 4.79. The van der Waals surface area contributed by atoms with E-state index in [1.807, 2.05) is 0 Å². The molecule has 0 spiro atoms. The minimum atomic E-state index is 0.120. The largest absolute Gasteiger partial charge is 0.357 e. The molecular formula is C20H37N5S. The van der Waals surface area contributed by atoms with Gasteiger partial charge in [0, 0.05) is 55.5 Å². The van der Waals surface area contributed by atoms with E-state index in [0.29, 0.717) is 18.0 Å². The Bertz CT molecular complexity index is 587. The van der Waals surface area contributed by atoms with Crippen LogP contribution >= 0.6 is 11.3 Å². The van der Waals surface area contributed by atoms with Crippen molar-refractivity contribution in [1.82, 2.24) is 20.5 Å². The van der Waals surface area contributed by atoms with Gasteiger partial charge in [-0.1, -0.05) is 27.7 Å². The van der Waals surface area contributed by atoms with Crippen molar-refractivity contribution in [3.63, 3.8) is 0 Å². The van der Waals surface area contributed by atoms with Crippen LogP contribution < -0.4 is 10.6 Å². The third kappa shape index (κ3) is 5.95. The van der Waals surface area contributed by atoms with Gasteiger partial charge in [-0.3, -0.25) is 9.89 Å². The minimum Gasteiger partial charge on any atom is -0.357 e. The van der Waals surface area contributed by atoms with Crippen LogP contribution in [0.25, 0.3) is 0 Å². The maximum Gasteiger partial charge on any atom is 0.191 e. The Morgan fingerprint density at radius 3 is 2.65 bits per heavy atom. The average molecular weight is 380 g/mol. The number of nitrogens with zero attached hydrogens (tertiary/aromatic N) is 3. The van der Waals surface area contributed by atoms with Gasteiger partial charge in [0.2, 0.25) is 0 Å². The summed E-state index contributed by atoms with van der Waals surface area (Å²) in [4.78, 5) is 12.1. The van der Waals surface area contributed by atoms with Crippen LogP contribution in [0.3, 0.4) is 0 Å². The van der Waals surface area contributed by atoms with E-state index in [1.165, 1.54) is 10.7 Å². The number of hydrogen-bond donors (Lipinski definition) is 2. The molecule has 0 aliphatic carbocycles. The maximum atomic E-state index is 4.79. The molecule has 2 atom stereocenters. The first-order valence-electron chi connectivity index (χ1n) is 9.94. The van der Waals surface area contributed by atoms with E-state index in [2.05, 4.69) is 69.4 Å². The Balaban J connectivity index is 1.91. The Morgan fingerprint density at radius 2 is 2.12 bits per heavy atom. The van der Waals surface area contributed by atoms with Gasteiger partial charge in [0.1, 0.15) is 0 Å². The van der Waals surface area contributed by atoms with E-state index in [1.54, 1.807) is 11.3 Å². The number of hydrogen-bond acceptors (Lipinski definition) is 4. The van der Waals surface area contributed by atoms with E-state index in [-0.39, 0.29) is 5.41 Å². The van der Waals surface area contributed by atoms with Crippen molar-refractivity contribution >= 4 is 17.3 Å². The van der Waals surface area contributed by atoms with Crippen molar-refractivity contribution in [2.45, 2.75) is 72.4 Å². The highest BCUT2D eigenvalue weighted by Crippen LogP contribution is 2.24. The first-order chi connectivity index (χ1) is 12.2. The average Bonchev–Trinajstić information content (AvgIpc) is 3.15. The van der Waals surface area contributed by atoms with Crippen LogP contribution in [0.1, 0.15) is 59.2 Å². The van der Waals surface area contributed by atoms with Crippen LogP contribution in [0.15, 0.2) is 10.4 Å². The number of aromatic nitrogens is 1. The standard InChI is InChI=1S/C20H37N5S/c1-8-21-19(23-16-12-25(14(2)3)11-15(16)4)22-10-9-18-24-17(13-26-18)20(5,6)7/h13-16H,8-12H2,1-7H3,(H2,21,22,23). The zero-order valence-corrected chi connectivity index (χ0v) is 18.4. The smallest absolute Gasteiger partial charge is 0.191 e. The molecule has 1 aliphatic rings. The van der Waals surface area contributed by atoms with Crippen molar-refractivity contribution < 1.29 is 0 Å². The van der Waals surface area contributed by atoms with Gasteiger partial charge in [0.05, 0.1) is 10.7 Å². The Kier molecular flexibility index (Phi) is 7.47. The van der Waals surface area contributed by atoms with E-state index in [9.17, 15) is 0 Å². The highest BCUT2D eigenvalue weighted by molar-refractivity contribution is 7.09. The minimum absolute atomic E-state index is 0.120. The molecule has 0 amide bonds. The van der Waals surface area contributed by atoms with Gasteiger partial charge >= 0.3 is 0 Å². The monoisotopic (exact) mass is 379 g/mol. The molecule has 2 heterocycles. The number of rotatable bonds is 6. The van der Waals surface area contributed by atoms with Gasteiger partial charge in [-0.15, -0.1) is 11.3 Å². The summed E-state index contributed by atoms with van der Waals surface area (Å²) in [6, 6.07) is 1.06. The molecule has 5 nitrogen and oxygen atoms in total. The second kappa shape index (κ2) is 9.18. The Hall–Kier alpha value is -1.14. The first-order valence-corrected chi connectivity index (χ1v) is 10.8. The lowest BCUT2D eigenvalue weighted by atomic mass is 9.93. The van der Waals surface area contributed by atoms with Crippen molar-refractivity contribution in [2.24, 2.45) is 10.9 Å². The van der Waals surface area contributed by atoms with E-state index < -0.39 is 0 Å². The summed E-state index contributed by atoms with van der Waals surface area (Å²) in [5.41, 5.74) is 1.30.